The number of rotatable bonds is 1. The van der Waals surface area contributed by atoms with Crippen LogP contribution in [0.15, 0.2) is 0 Å². The van der Waals surface area contributed by atoms with Crippen molar-refractivity contribution in [1.82, 2.24) is 4.90 Å². The summed E-state index contributed by atoms with van der Waals surface area (Å²) in [6.07, 6.45) is 3.19. The summed E-state index contributed by atoms with van der Waals surface area (Å²) in [5.41, 5.74) is 0. The van der Waals surface area contributed by atoms with Gasteiger partial charge >= 0.3 is 0 Å². The van der Waals surface area contributed by atoms with Gasteiger partial charge in [-0.25, -0.2) is 0 Å². The second kappa shape index (κ2) is 2.48. The molecule has 1 atom stereocenters. The predicted molar refractivity (Wildman–Crippen MR) is 37.7 cm³/mol. The van der Waals surface area contributed by atoms with Crippen LogP contribution in [0.3, 0.4) is 0 Å². The monoisotopic (exact) mass is 154 g/mol. The Kier molecular flexibility index (Phi) is 1.60. The molecule has 3 aliphatic heterocycles. The summed E-state index contributed by atoms with van der Waals surface area (Å²) in [5.74, 6) is -0.225. The molecule has 3 fully saturated rings. The van der Waals surface area contributed by atoms with Crippen LogP contribution in [0.5, 0.6) is 0 Å². The zero-order valence-electron chi connectivity index (χ0n) is 6.45. The number of carboxylic acid groups (broad SMARTS) is 1. The zero-order chi connectivity index (χ0) is 7.84. The molecule has 3 saturated heterocycles. The van der Waals surface area contributed by atoms with Crippen LogP contribution in [0.4, 0.5) is 0 Å². The van der Waals surface area contributed by atoms with Crippen LogP contribution in [0.25, 0.3) is 0 Å². The van der Waals surface area contributed by atoms with Gasteiger partial charge in [0.05, 0.1) is 5.97 Å². The van der Waals surface area contributed by atoms with E-state index in [1.165, 1.54) is 12.8 Å². The summed E-state index contributed by atoms with van der Waals surface area (Å²) < 4.78 is 0. The molecule has 11 heavy (non-hydrogen) atoms. The highest BCUT2D eigenvalue weighted by atomic mass is 16.4. The molecule has 0 N–H and O–H groups in total. The van der Waals surface area contributed by atoms with E-state index in [-0.39, 0.29) is 6.04 Å². The fraction of sp³-hybridized carbons (Fsp3) is 0.875. The molecule has 0 amide bonds. The number of carbonyl (C=O) groups is 1. The van der Waals surface area contributed by atoms with Crippen molar-refractivity contribution in [3.63, 3.8) is 0 Å². The molecule has 0 aromatic rings. The van der Waals surface area contributed by atoms with Gasteiger partial charge in [0.15, 0.2) is 0 Å². The number of hydrogen-bond acceptors (Lipinski definition) is 3. The van der Waals surface area contributed by atoms with Crippen molar-refractivity contribution in [3.05, 3.63) is 0 Å². The van der Waals surface area contributed by atoms with E-state index in [1.807, 2.05) is 4.90 Å². The Morgan fingerprint density at radius 1 is 1.36 bits per heavy atom. The molecule has 0 spiro atoms. The van der Waals surface area contributed by atoms with Gasteiger partial charge in [-0.3, -0.25) is 4.90 Å². The summed E-state index contributed by atoms with van der Waals surface area (Å²) in [6, 6.07) is -0.275. The summed E-state index contributed by atoms with van der Waals surface area (Å²) in [7, 11) is 0. The van der Waals surface area contributed by atoms with E-state index in [0.717, 1.165) is 19.5 Å². The van der Waals surface area contributed by atoms with E-state index in [1.54, 1.807) is 0 Å². The van der Waals surface area contributed by atoms with Crippen LogP contribution in [0.2, 0.25) is 0 Å². The molecule has 0 aromatic heterocycles. The van der Waals surface area contributed by atoms with Crippen molar-refractivity contribution in [2.75, 3.05) is 13.1 Å². The van der Waals surface area contributed by atoms with Crippen LogP contribution in [-0.4, -0.2) is 30.0 Å². The van der Waals surface area contributed by atoms with Gasteiger partial charge in [-0.1, -0.05) is 0 Å². The Morgan fingerprint density at radius 3 is 2.27 bits per heavy atom. The van der Waals surface area contributed by atoms with Crippen LogP contribution in [0, 0.1) is 5.92 Å². The lowest BCUT2D eigenvalue weighted by Crippen LogP contribution is -2.56. The molecular weight excluding hydrogens is 142 g/mol. The summed E-state index contributed by atoms with van der Waals surface area (Å²) in [5, 5.41) is 10.6. The Hall–Kier alpha value is -0.570. The van der Waals surface area contributed by atoms with E-state index in [2.05, 4.69) is 0 Å². The third-order valence-electron chi connectivity index (χ3n) is 2.92. The molecule has 3 heteroatoms. The molecule has 3 aliphatic rings. The number of nitrogens with zero attached hydrogens (tertiary/aromatic N) is 1. The fourth-order valence-corrected chi connectivity index (χ4v) is 2.21. The number of hydrogen-bond donors (Lipinski definition) is 0. The van der Waals surface area contributed by atoms with Gasteiger partial charge in [0.1, 0.15) is 0 Å². The van der Waals surface area contributed by atoms with E-state index in [9.17, 15) is 9.90 Å². The van der Waals surface area contributed by atoms with E-state index in [4.69, 9.17) is 0 Å². The molecule has 1 unspecified atom stereocenters. The molecule has 0 saturated carbocycles. The Morgan fingerprint density at radius 2 is 2.00 bits per heavy atom. The summed E-state index contributed by atoms with van der Waals surface area (Å²) >= 11 is 0. The molecule has 3 rings (SSSR count). The van der Waals surface area contributed by atoms with E-state index < -0.39 is 5.97 Å². The molecule has 0 aliphatic carbocycles. The maximum Gasteiger partial charge on any atom is 0.0586 e. The zero-order valence-corrected chi connectivity index (χ0v) is 6.45. The summed E-state index contributed by atoms with van der Waals surface area (Å²) in [4.78, 5) is 12.6. The van der Waals surface area contributed by atoms with Crippen molar-refractivity contribution in [2.45, 2.75) is 25.3 Å². The molecule has 0 radical (unpaired) electrons. The average Bonchev–Trinajstić information content (AvgIpc) is 2.06. The van der Waals surface area contributed by atoms with E-state index >= 15 is 0 Å². The van der Waals surface area contributed by atoms with Gasteiger partial charge in [-0.2, -0.15) is 0 Å². The first kappa shape index (κ1) is 7.10. The molecule has 0 aromatic carbocycles. The number of carbonyl (C=O) groups excluding carboxylic acids is 1. The molecule has 3 nitrogen and oxygen atoms in total. The van der Waals surface area contributed by atoms with Crippen molar-refractivity contribution < 1.29 is 9.90 Å². The number of aliphatic carboxylic acids is 1. The minimum Gasteiger partial charge on any atom is -0.548 e. The van der Waals surface area contributed by atoms with Crippen LogP contribution < -0.4 is 5.11 Å². The lowest BCUT2D eigenvalue weighted by molar-refractivity contribution is -0.314. The maximum absolute atomic E-state index is 10.6. The lowest BCUT2D eigenvalue weighted by atomic mass is 9.83. The number of piperidine rings is 3. The van der Waals surface area contributed by atoms with Gasteiger partial charge in [-0.15, -0.1) is 0 Å². The van der Waals surface area contributed by atoms with Crippen molar-refractivity contribution >= 4 is 5.97 Å². The lowest BCUT2D eigenvalue weighted by Gasteiger charge is -2.45. The Bertz CT molecular complexity index is 173. The van der Waals surface area contributed by atoms with E-state index in [0.29, 0.717) is 5.92 Å². The quantitative estimate of drug-likeness (QED) is 0.497. The topological polar surface area (TPSA) is 43.4 Å². The first-order valence-electron chi connectivity index (χ1n) is 4.22. The SMILES string of the molecule is O=C([O-])C1CC2CCN1CC2. The maximum atomic E-state index is 10.6. The predicted octanol–water partition coefficient (Wildman–Crippen LogP) is -0.779. The number of carboxylic acids is 1. The average molecular weight is 154 g/mol. The van der Waals surface area contributed by atoms with Gasteiger partial charge in [0.2, 0.25) is 0 Å². The molecular formula is C8H12NO2-. The molecule has 2 bridgehead atoms. The van der Waals surface area contributed by atoms with Crippen LogP contribution in [-0.2, 0) is 4.79 Å². The fourth-order valence-electron chi connectivity index (χ4n) is 2.21. The highest BCUT2D eigenvalue weighted by Crippen LogP contribution is 2.31. The largest absolute Gasteiger partial charge is 0.548 e. The van der Waals surface area contributed by atoms with Gasteiger partial charge in [-0.05, 0) is 38.3 Å². The highest BCUT2D eigenvalue weighted by Gasteiger charge is 2.33. The van der Waals surface area contributed by atoms with Gasteiger partial charge < -0.3 is 9.90 Å². The molecule has 62 valence electrons. The minimum atomic E-state index is -0.880. The smallest absolute Gasteiger partial charge is 0.0586 e. The standard InChI is InChI=1S/C8H13NO2/c10-8(11)7-5-6-1-3-9(7)4-2-6/h6-7H,1-5H2,(H,10,11)/p-1. The minimum absolute atomic E-state index is 0.275. The van der Waals surface area contributed by atoms with Gasteiger partial charge in [0, 0.05) is 6.04 Å². The van der Waals surface area contributed by atoms with Crippen LogP contribution >= 0.6 is 0 Å². The van der Waals surface area contributed by atoms with Crippen molar-refractivity contribution in [3.8, 4) is 0 Å². The Balaban J connectivity index is 2.08. The van der Waals surface area contributed by atoms with Crippen molar-refractivity contribution in [1.29, 1.82) is 0 Å². The van der Waals surface area contributed by atoms with Crippen LogP contribution in [0.1, 0.15) is 19.3 Å². The molecule has 3 heterocycles. The first-order valence-corrected chi connectivity index (χ1v) is 4.22. The third kappa shape index (κ3) is 1.13. The number of fused-ring (bicyclic) bond motifs is 3. The summed E-state index contributed by atoms with van der Waals surface area (Å²) in [6.45, 7) is 1.92. The highest BCUT2D eigenvalue weighted by molar-refractivity contribution is 5.71. The van der Waals surface area contributed by atoms with Gasteiger partial charge in [0.25, 0.3) is 0 Å². The third-order valence-corrected chi connectivity index (χ3v) is 2.92. The normalized spacial score (nSPS) is 42.4. The Labute approximate surface area is 66.0 Å². The second-order valence-electron chi connectivity index (χ2n) is 3.55. The second-order valence-corrected chi connectivity index (χ2v) is 3.55. The van der Waals surface area contributed by atoms with Crippen molar-refractivity contribution in [2.24, 2.45) is 5.92 Å². The first-order chi connectivity index (χ1) is 5.27.